The molecule has 126 valence electrons. The molecule has 0 bridgehead atoms. The number of fused-ring (bicyclic) bond motifs is 1. The number of benzene rings is 1. The highest BCUT2D eigenvalue weighted by atomic mass is 16.5. The molecule has 1 saturated heterocycles. The van der Waals surface area contributed by atoms with Gasteiger partial charge in [-0.2, -0.15) is 0 Å². The van der Waals surface area contributed by atoms with Crippen molar-refractivity contribution in [1.29, 1.82) is 0 Å². The predicted octanol–water partition coefficient (Wildman–Crippen LogP) is 2.83. The number of nitrogens with one attached hydrogen (secondary N) is 1. The molecular formula is C19H22N2O3. The fraction of sp³-hybridized carbons (Fsp3) is 0.421. The van der Waals surface area contributed by atoms with E-state index in [9.17, 15) is 4.79 Å². The summed E-state index contributed by atoms with van der Waals surface area (Å²) in [5.74, 6) is 1.15. The summed E-state index contributed by atoms with van der Waals surface area (Å²) in [7, 11) is 1.68. The Hall–Kier alpha value is -2.27. The second-order valence-electron chi connectivity index (χ2n) is 6.44. The van der Waals surface area contributed by atoms with E-state index < -0.39 is 0 Å². The first-order valence-electron chi connectivity index (χ1n) is 8.47. The standard InChI is InChI=1S/C19H22N2O3/c1-23-15-2-3-18-16(10-15)17(11-20-18)13-4-7-21(8-5-13)19(22)14-6-9-24-12-14/h2-4,10-11,14,20H,5-9,12H2,1H3/t14-/m1/s1. The summed E-state index contributed by atoms with van der Waals surface area (Å²) in [5.41, 5.74) is 3.61. The van der Waals surface area contributed by atoms with Gasteiger partial charge in [0.2, 0.25) is 5.91 Å². The molecule has 3 heterocycles. The Bertz CT molecular complexity index is 787. The van der Waals surface area contributed by atoms with Crippen LogP contribution in [-0.4, -0.2) is 49.2 Å². The molecule has 1 amide bonds. The van der Waals surface area contributed by atoms with Crippen LogP contribution in [0.2, 0.25) is 0 Å². The first-order chi connectivity index (χ1) is 11.8. The molecule has 5 nitrogen and oxygen atoms in total. The average molecular weight is 326 g/mol. The quantitative estimate of drug-likeness (QED) is 0.943. The maximum atomic E-state index is 12.5. The van der Waals surface area contributed by atoms with Gasteiger partial charge in [0.25, 0.3) is 0 Å². The largest absolute Gasteiger partial charge is 0.497 e. The lowest BCUT2D eigenvalue weighted by atomic mass is 9.97. The lowest BCUT2D eigenvalue weighted by Crippen LogP contribution is -2.39. The third-order valence-electron chi connectivity index (χ3n) is 5.03. The van der Waals surface area contributed by atoms with Crippen molar-refractivity contribution in [3.63, 3.8) is 0 Å². The van der Waals surface area contributed by atoms with Gasteiger partial charge >= 0.3 is 0 Å². The number of methoxy groups -OCH3 is 1. The van der Waals surface area contributed by atoms with Crippen molar-refractivity contribution in [2.24, 2.45) is 5.92 Å². The number of aromatic amines is 1. The molecule has 1 fully saturated rings. The van der Waals surface area contributed by atoms with Crippen LogP contribution in [0.25, 0.3) is 16.5 Å². The first-order valence-corrected chi connectivity index (χ1v) is 8.47. The van der Waals surface area contributed by atoms with Gasteiger partial charge in [0.15, 0.2) is 0 Å². The number of carbonyl (C=O) groups excluding carboxylic acids is 1. The van der Waals surface area contributed by atoms with Crippen molar-refractivity contribution >= 4 is 22.4 Å². The lowest BCUT2D eigenvalue weighted by molar-refractivity contribution is -0.135. The van der Waals surface area contributed by atoms with Gasteiger partial charge in [-0.1, -0.05) is 6.08 Å². The van der Waals surface area contributed by atoms with E-state index in [-0.39, 0.29) is 11.8 Å². The van der Waals surface area contributed by atoms with Crippen molar-refractivity contribution in [1.82, 2.24) is 9.88 Å². The van der Waals surface area contributed by atoms with E-state index in [1.165, 1.54) is 16.5 Å². The Morgan fingerprint density at radius 3 is 3.04 bits per heavy atom. The summed E-state index contributed by atoms with van der Waals surface area (Å²) < 4.78 is 10.7. The molecule has 0 aliphatic carbocycles. The van der Waals surface area contributed by atoms with Crippen molar-refractivity contribution in [3.8, 4) is 5.75 Å². The molecule has 5 heteroatoms. The SMILES string of the molecule is COc1ccc2[nH]cc(C3=CCN(C(=O)[C@@H]4CCOC4)CC3)c2c1. The molecule has 24 heavy (non-hydrogen) atoms. The molecule has 0 spiro atoms. The summed E-state index contributed by atoms with van der Waals surface area (Å²) >= 11 is 0. The van der Waals surface area contributed by atoms with E-state index in [2.05, 4.69) is 23.3 Å². The number of carbonyl (C=O) groups is 1. The maximum absolute atomic E-state index is 12.5. The highest BCUT2D eigenvalue weighted by Gasteiger charge is 2.29. The molecule has 1 aromatic heterocycles. The molecular weight excluding hydrogens is 304 g/mol. The molecule has 2 aliphatic heterocycles. The van der Waals surface area contributed by atoms with E-state index in [1.54, 1.807) is 7.11 Å². The second kappa shape index (κ2) is 6.32. The van der Waals surface area contributed by atoms with Crippen molar-refractivity contribution in [3.05, 3.63) is 36.0 Å². The van der Waals surface area contributed by atoms with Crippen LogP contribution in [-0.2, 0) is 9.53 Å². The predicted molar refractivity (Wildman–Crippen MR) is 93.0 cm³/mol. The first kappa shape index (κ1) is 15.3. The zero-order chi connectivity index (χ0) is 16.5. The maximum Gasteiger partial charge on any atom is 0.228 e. The second-order valence-corrected chi connectivity index (χ2v) is 6.44. The number of nitrogens with zero attached hydrogens (tertiary/aromatic N) is 1. The molecule has 0 radical (unpaired) electrons. The number of hydrogen-bond donors (Lipinski definition) is 1. The summed E-state index contributed by atoms with van der Waals surface area (Å²) in [4.78, 5) is 17.8. The van der Waals surface area contributed by atoms with Gasteiger partial charge in [-0.15, -0.1) is 0 Å². The summed E-state index contributed by atoms with van der Waals surface area (Å²) in [5, 5.41) is 1.17. The highest BCUT2D eigenvalue weighted by Crippen LogP contribution is 2.32. The summed E-state index contributed by atoms with van der Waals surface area (Å²) in [6.07, 6.45) is 5.97. The number of ether oxygens (including phenoxy) is 2. The van der Waals surface area contributed by atoms with Crippen molar-refractivity contribution in [2.75, 3.05) is 33.4 Å². The third-order valence-corrected chi connectivity index (χ3v) is 5.03. The lowest BCUT2D eigenvalue weighted by Gasteiger charge is -2.28. The molecule has 0 saturated carbocycles. The molecule has 1 N–H and O–H groups in total. The Balaban J connectivity index is 1.54. The Morgan fingerprint density at radius 1 is 1.42 bits per heavy atom. The van der Waals surface area contributed by atoms with E-state index in [0.29, 0.717) is 19.8 Å². The highest BCUT2D eigenvalue weighted by molar-refractivity contribution is 5.94. The monoisotopic (exact) mass is 326 g/mol. The third kappa shape index (κ3) is 2.69. The smallest absolute Gasteiger partial charge is 0.228 e. The number of aromatic nitrogens is 1. The Kier molecular flexibility index (Phi) is 4.02. The van der Waals surface area contributed by atoms with Crippen LogP contribution >= 0.6 is 0 Å². The Labute approximate surface area is 141 Å². The van der Waals surface area contributed by atoms with Gasteiger partial charge < -0.3 is 19.4 Å². The minimum absolute atomic E-state index is 0.0531. The minimum Gasteiger partial charge on any atom is -0.497 e. The van der Waals surface area contributed by atoms with E-state index in [4.69, 9.17) is 9.47 Å². The van der Waals surface area contributed by atoms with Gasteiger partial charge in [0.1, 0.15) is 5.75 Å². The molecule has 2 aliphatic rings. The van der Waals surface area contributed by atoms with Crippen LogP contribution < -0.4 is 4.74 Å². The van der Waals surface area contributed by atoms with Gasteiger partial charge in [0, 0.05) is 42.4 Å². The Morgan fingerprint density at radius 2 is 2.33 bits per heavy atom. The van der Waals surface area contributed by atoms with Crippen LogP contribution in [0.15, 0.2) is 30.5 Å². The molecule has 2 aromatic rings. The average Bonchev–Trinajstić information content (AvgIpc) is 3.30. The molecule has 4 rings (SSSR count). The van der Waals surface area contributed by atoms with Gasteiger partial charge in [0.05, 0.1) is 19.6 Å². The van der Waals surface area contributed by atoms with Crippen LogP contribution in [0, 0.1) is 5.92 Å². The topological polar surface area (TPSA) is 54.6 Å². The van der Waals surface area contributed by atoms with Crippen LogP contribution in [0.5, 0.6) is 5.75 Å². The fourth-order valence-corrected chi connectivity index (χ4v) is 3.59. The number of amides is 1. The number of hydrogen-bond acceptors (Lipinski definition) is 3. The van der Waals surface area contributed by atoms with Crippen molar-refractivity contribution in [2.45, 2.75) is 12.8 Å². The van der Waals surface area contributed by atoms with E-state index >= 15 is 0 Å². The zero-order valence-corrected chi connectivity index (χ0v) is 13.9. The van der Waals surface area contributed by atoms with Gasteiger partial charge in [-0.25, -0.2) is 0 Å². The fourth-order valence-electron chi connectivity index (χ4n) is 3.59. The minimum atomic E-state index is 0.0531. The van der Waals surface area contributed by atoms with E-state index in [1.807, 2.05) is 17.0 Å². The molecule has 0 unspecified atom stereocenters. The van der Waals surface area contributed by atoms with Crippen LogP contribution in [0.1, 0.15) is 18.4 Å². The normalized spacial score (nSPS) is 21.1. The molecule has 1 atom stereocenters. The number of rotatable bonds is 3. The van der Waals surface area contributed by atoms with Crippen LogP contribution in [0.4, 0.5) is 0 Å². The van der Waals surface area contributed by atoms with Crippen LogP contribution in [0.3, 0.4) is 0 Å². The number of H-pyrrole nitrogens is 1. The van der Waals surface area contributed by atoms with Gasteiger partial charge in [-0.05, 0) is 36.6 Å². The zero-order valence-electron chi connectivity index (χ0n) is 13.9. The van der Waals surface area contributed by atoms with E-state index in [0.717, 1.165) is 30.7 Å². The van der Waals surface area contributed by atoms with Crippen molar-refractivity contribution < 1.29 is 14.3 Å². The summed E-state index contributed by atoms with van der Waals surface area (Å²) in [6.45, 7) is 2.75. The van der Waals surface area contributed by atoms with Gasteiger partial charge in [-0.3, -0.25) is 4.79 Å². The summed E-state index contributed by atoms with van der Waals surface area (Å²) in [6, 6.07) is 6.06. The molecule has 1 aromatic carbocycles.